The summed E-state index contributed by atoms with van der Waals surface area (Å²) in [6.07, 6.45) is 4.41. The SMILES string of the molecule is Cc1c(C)n(-c2ccccc2)c2ccc(C=Cc3ccc(N(c4ccccc4)c4ccc5ccccc5c4)cc3)cc12. The molecule has 0 spiro atoms. The van der Waals surface area contributed by atoms with Crippen LogP contribution in [0.4, 0.5) is 17.1 Å². The zero-order chi connectivity index (χ0) is 28.5. The van der Waals surface area contributed by atoms with E-state index in [4.69, 9.17) is 0 Å². The first kappa shape index (κ1) is 25.6. The standard InChI is InChI=1S/C40H32N2/c1-29-30(2)41(35-13-5-3-6-14-35)40-26-21-32(27-39(29)40)18-17-31-19-23-37(24-20-31)42(36-15-7-4-8-16-36)38-25-22-33-11-9-10-12-34(33)28-38/h3-28H,1-2H3. The van der Waals surface area contributed by atoms with Crippen molar-refractivity contribution in [1.82, 2.24) is 4.57 Å². The molecule has 202 valence electrons. The lowest BCUT2D eigenvalue weighted by Crippen LogP contribution is -2.09. The summed E-state index contributed by atoms with van der Waals surface area (Å²) >= 11 is 0. The van der Waals surface area contributed by atoms with Crippen LogP contribution in [-0.4, -0.2) is 4.57 Å². The van der Waals surface area contributed by atoms with Crippen LogP contribution >= 0.6 is 0 Å². The van der Waals surface area contributed by atoms with Crippen molar-refractivity contribution in [2.75, 3.05) is 4.90 Å². The van der Waals surface area contributed by atoms with E-state index < -0.39 is 0 Å². The third-order valence-electron chi connectivity index (χ3n) is 8.18. The van der Waals surface area contributed by atoms with E-state index >= 15 is 0 Å². The van der Waals surface area contributed by atoms with Gasteiger partial charge in [0.1, 0.15) is 0 Å². The Hall–Kier alpha value is -5.34. The van der Waals surface area contributed by atoms with Gasteiger partial charge in [0.25, 0.3) is 0 Å². The fraction of sp³-hybridized carbons (Fsp3) is 0.0500. The largest absolute Gasteiger partial charge is 0.314 e. The molecule has 0 aliphatic carbocycles. The third-order valence-corrected chi connectivity index (χ3v) is 8.18. The van der Waals surface area contributed by atoms with Gasteiger partial charge in [-0.15, -0.1) is 0 Å². The molecular formula is C40H32N2. The number of aryl methyl sites for hydroxylation is 1. The van der Waals surface area contributed by atoms with Crippen molar-refractivity contribution in [3.8, 4) is 5.69 Å². The molecule has 0 N–H and O–H groups in total. The lowest BCUT2D eigenvalue weighted by atomic mass is 10.1. The van der Waals surface area contributed by atoms with Gasteiger partial charge in [0.15, 0.2) is 0 Å². The zero-order valence-corrected chi connectivity index (χ0v) is 23.9. The highest BCUT2D eigenvalue weighted by Crippen LogP contribution is 2.36. The van der Waals surface area contributed by atoms with E-state index in [0.29, 0.717) is 0 Å². The first-order chi connectivity index (χ1) is 20.7. The zero-order valence-electron chi connectivity index (χ0n) is 23.9. The minimum absolute atomic E-state index is 1.13. The van der Waals surface area contributed by atoms with E-state index in [0.717, 1.165) is 17.1 Å². The van der Waals surface area contributed by atoms with Crippen molar-refractivity contribution < 1.29 is 0 Å². The van der Waals surface area contributed by atoms with E-state index in [1.807, 2.05) is 0 Å². The normalized spacial score (nSPS) is 11.5. The monoisotopic (exact) mass is 540 g/mol. The fourth-order valence-electron chi connectivity index (χ4n) is 5.87. The van der Waals surface area contributed by atoms with Crippen LogP contribution in [0.5, 0.6) is 0 Å². The van der Waals surface area contributed by atoms with Gasteiger partial charge in [-0.25, -0.2) is 0 Å². The van der Waals surface area contributed by atoms with Crippen molar-refractivity contribution in [3.63, 3.8) is 0 Å². The van der Waals surface area contributed by atoms with E-state index in [-0.39, 0.29) is 0 Å². The number of benzene rings is 6. The lowest BCUT2D eigenvalue weighted by molar-refractivity contribution is 1.04. The highest BCUT2D eigenvalue weighted by atomic mass is 15.1. The molecule has 7 rings (SSSR count). The Balaban J connectivity index is 1.19. The quantitative estimate of drug-likeness (QED) is 0.190. The fourth-order valence-corrected chi connectivity index (χ4v) is 5.87. The molecule has 2 nitrogen and oxygen atoms in total. The van der Waals surface area contributed by atoms with Gasteiger partial charge in [-0.2, -0.15) is 0 Å². The molecular weight excluding hydrogens is 508 g/mol. The number of hydrogen-bond donors (Lipinski definition) is 0. The summed E-state index contributed by atoms with van der Waals surface area (Å²) in [5.74, 6) is 0. The number of rotatable bonds is 6. The Morgan fingerprint density at radius 3 is 1.86 bits per heavy atom. The second kappa shape index (κ2) is 10.9. The molecule has 6 aromatic carbocycles. The first-order valence-electron chi connectivity index (χ1n) is 14.4. The molecule has 0 amide bonds. The number of nitrogens with zero attached hydrogens (tertiary/aromatic N) is 2. The molecule has 0 unspecified atom stereocenters. The Morgan fingerprint density at radius 1 is 0.500 bits per heavy atom. The van der Waals surface area contributed by atoms with Gasteiger partial charge in [0.2, 0.25) is 0 Å². The van der Waals surface area contributed by atoms with Crippen LogP contribution in [0.1, 0.15) is 22.4 Å². The summed E-state index contributed by atoms with van der Waals surface area (Å²) in [5.41, 5.74) is 10.8. The maximum absolute atomic E-state index is 2.35. The lowest BCUT2D eigenvalue weighted by Gasteiger charge is -2.26. The van der Waals surface area contributed by atoms with Crippen LogP contribution in [-0.2, 0) is 0 Å². The average molecular weight is 541 g/mol. The van der Waals surface area contributed by atoms with Gasteiger partial charge in [0, 0.05) is 33.8 Å². The van der Waals surface area contributed by atoms with Crippen molar-refractivity contribution >= 4 is 50.9 Å². The van der Waals surface area contributed by atoms with Gasteiger partial charge in [-0.1, -0.05) is 97.1 Å². The minimum atomic E-state index is 1.13. The summed E-state index contributed by atoms with van der Waals surface area (Å²) in [4.78, 5) is 2.32. The molecule has 0 saturated heterocycles. The van der Waals surface area contributed by atoms with Crippen LogP contribution in [0.3, 0.4) is 0 Å². The molecule has 0 fully saturated rings. The Labute approximate surface area is 247 Å². The number of para-hydroxylation sites is 2. The average Bonchev–Trinajstić information content (AvgIpc) is 3.30. The van der Waals surface area contributed by atoms with Crippen LogP contribution in [0.2, 0.25) is 0 Å². The molecule has 2 heteroatoms. The highest BCUT2D eigenvalue weighted by molar-refractivity contribution is 5.91. The number of fused-ring (bicyclic) bond motifs is 2. The molecule has 0 atom stereocenters. The van der Waals surface area contributed by atoms with Gasteiger partial charge in [-0.3, -0.25) is 0 Å². The van der Waals surface area contributed by atoms with E-state index in [2.05, 4.69) is 181 Å². The summed E-state index contributed by atoms with van der Waals surface area (Å²) in [6.45, 7) is 4.42. The van der Waals surface area contributed by atoms with Crippen LogP contribution in [0.15, 0.2) is 146 Å². The Morgan fingerprint density at radius 2 is 1.10 bits per heavy atom. The molecule has 1 aromatic heterocycles. The first-order valence-corrected chi connectivity index (χ1v) is 14.4. The molecule has 42 heavy (non-hydrogen) atoms. The smallest absolute Gasteiger partial charge is 0.0534 e. The van der Waals surface area contributed by atoms with Crippen molar-refractivity contribution in [3.05, 3.63) is 168 Å². The maximum Gasteiger partial charge on any atom is 0.0534 e. The third kappa shape index (κ3) is 4.78. The Kier molecular flexibility index (Phi) is 6.65. The molecule has 0 radical (unpaired) electrons. The van der Waals surface area contributed by atoms with Crippen LogP contribution in [0, 0.1) is 13.8 Å². The van der Waals surface area contributed by atoms with E-state index in [1.54, 1.807) is 0 Å². The van der Waals surface area contributed by atoms with Crippen molar-refractivity contribution in [1.29, 1.82) is 0 Å². The second-order valence-corrected chi connectivity index (χ2v) is 10.8. The number of anilines is 3. The van der Waals surface area contributed by atoms with E-state index in [1.165, 1.54) is 49.7 Å². The molecule has 0 aliphatic rings. The molecule has 0 aliphatic heterocycles. The molecule has 7 aromatic rings. The summed E-state index contributed by atoms with van der Waals surface area (Å²) in [5, 5.41) is 3.77. The van der Waals surface area contributed by atoms with Crippen molar-refractivity contribution in [2.24, 2.45) is 0 Å². The molecule has 1 heterocycles. The predicted octanol–water partition coefficient (Wildman–Crippen LogP) is 11.0. The molecule has 0 bridgehead atoms. The predicted molar refractivity (Wildman–Crippen MR) is 180 cm³/mol. The topological polar surface area (TPSA) is 8.17 Å². The minimum Gasteiger partial charge on any atom is -0.314 e. The van der Waals surface area contributed by atoms with Crippen LogP contribution in [0.25, 0.3) is 39.5 Å². The summed E-state index contributed by atoms with van der Waals surface area (Å²) in [6, 6.07) is 51.9. The van der Waals surface area contributed by atoms with Crippen molar-refractivity contribution in [2.45, 2.75) is 13.8 Å². The number of hydrogen-bond acceptors (Lipinski definition) is 1. The summed E-state index contributed by atoms with van der Waals surface area (Å²) < 4.78 is 2.35. The van der Waals surface area contributed by atoms with Gasteiger partial charge in [0.05, 0.1) is 5.52 Å². The van der Waals surface area contributed by atoms with Gasteiger partial charge in [-0.05, 0) is 102 Å². The van der Waals surface area contributed by atoms with Gasteiger partial charge >= 0.3 is 0 Å². The Bertz CT molecular complexity index is 2030. The van der Waals surface area contributed by atoms with Crippen LogP contribution < -0.4 is 4.90 Å². The second-order valence-electron chi connectivity index (χ2n) is 10.8. The van der Waals surface area contributed by atoms with Gasteiger partial charge < -0.3 is 9.47 Å². The molecule has 0 saturated carbocycles. The highest BCUT2D eigenvalue weighted by Gasteiger charge is 2.14. The van der Waals surface area contributed by atoms with E-state index in [9.17, 15) is 0 Å². The summed E-state index contributed by atoms with van der Waals surface area (Å²) in [7, 11) is 0. The maximum atomic E-state index is 2.35. The number of aromatic nitrogens is 1.